The molecule has 0 spiro atoms. The van der Waals surface area contributed by atoms with Gasteiger partial charge in [-0.05, 0) is 49.7 Å². The first-order valence-electron chi connectivity index (χ1n) is 6.85. The SMILES string of the molecule is Fc1cccc(Cl)c1CC1(CNC2CC2)CCC1. The van der Waals surface area contributed by atoms with Crippen LogP contribution in [0.3, 0.4) is 0 Å². The van der Waals surface area contributed by atoms with Gasteiger partial charge in [0.15, 0.2) is 0 Å². The van der Waals surface area contributed by atoms with Gasteiger partial charge in [-0.2, -0.15) is 0 Å². The lowest BCUT2D eigenvalue weighted by Crippen LogP contribution is -2.42. The Kier molecular flexibility index (Phi) is 3.33. The molecule has 0 radical (unpaired) electrons. The predicted molar refractivity (Wildman–Crippen MR) is 72.4 cm³/mol. The molecule has 0 amide bonds. The molecule has 1 aromatic carbocycles. The minimum atomic E-state index is -0.153. The van der Waals surface area contributed by atoms with Crippen LogP contribution in [-0.2, 0) is 6.42 Å². The molecule has 3 heteroatoms. The summed E-state index contributed by atoms with van der Waals surface area (Å²) >= 11 is 6.13. The standard InChI is InChI=1S/C15H19ClFN/c16-13-3-1-4-14(17)12(13)9-15(7-2-8-15)10-18-11-5-6-11/h1,3-4,11,18H,2,5-10H2. The summed E-state index contributed by atoms with van der Waals surface area (Å²) in [6, 6.07) is 5.71. The topological polar surface area (TPSA) is 12.0 Å². The zero-order valence-corrected chi connectivity index (χ0v) is 11.3. The van der Waals surface area contributed by atoms with E-state index in [1.165, 1.54) is 38.2 Å². The van der Waals surface area contributed by atoms with Crippen LogP contribution in [0.4, 0.5) is 4.39 Å². The van der Waals surface area contributed by atoms with Crippen LogP contribution in [0.5, 0.6) is 0 Å². The molecule has 98 valence electrons. The Hall–Kier alpha value is -0.600. The Morgan fingerprint density at radius 3 is 2.67 bits per heavy atom. The highest BCUT2D eigenvalue weighted by atomic mass is 35.5. The Bertz CT molecular complexity index is 418. The van der Waals surface area contributed by atoms with Crippen LogP contribution in [0.1, 0.15) is 37.7 Å². The van der Waals surface area contributed by atoms with Crippen molar-refractivity contribution in [2.24, 2.45) is 5.41 Å². The number of hydrogen-bond donors (Lipinski definition) is 1. The Morgan fingerprint density at radius 1 is 1.33 bits per heavy atom. The third-order valence-electron chi connectivity index (χ3n) is 4.37. The Labute approximate surface area is 113 Å². The molecule has 0 bridgehead atoms. The quantitative estimate of drug-likeness (QED) is 0.852. The molecule has 1 aromatic rings. The molecule has 0 aromatic heterocycles. The lowest BCUT2D eigenvalue weighted by Gasteiger charge is -2.42. The van der Waals surface area contributed by atoms with Gasteiger partial charge >= 0.3 is 0 Å². The minimum absolute atomic E-state index is 0.153. The van der Waals surface area contributed by atoms with Gasteiger partial charge < -0.3 is 5.32 Å². The van der Waals surface area contributed by atoms with Crippen LogP contribution < -0.4 is 5.32 Å². The van der Waals surface area contributed by atoms with Crippen molar-refractivity contribution in [1.82, 2.24) is 5.32 Å². The maximum absolute atomic E-state index is 13.8. The van der Waals surface area contributed by atoms with Crippen molar-refractivity contribution < 1.29 is 4.39 Å². The molecule has 0 aliphatic heterocycles. The Balaban J connectivity index is 1.72. The first-order valence-corrected chi connectivity index (χ1v) is 7.23. The van der Waals surface area contributed by atoms with Crippen LogP contribution >= 0.6 is 11.6 Å². The Morgan fingerprint density at radius 2 is 2.11 bits per heavy atom. The second-order valence-corrected chi connectivity index (χ2v) is 6.29. The van der Waals surface area contributed by atoms with Crippen LogP contribution in [0, 0.1) is 11.2 Å². The number of nitrogens with one attached hydrogen (secondary N) is 1. The van der Waals surface area contributed by atoms with Gasteiger partial charge in [0.1, 0.15) is 5.82 Å². The van der Waals surface area contributed by atoms with Crippen LogP contribution in [0.25, 0.3) is 0 Å². The van der Waals surface area contributed by atoms with Crippen molar-refractivity contribution in [2.45, 2.75) is 44.6 Å². The molecule has 0 saturated heterocycles. The second-order valence-electron chi connectivity index (χ2n) is 5.89. The molecule has 0 atom stereocenters. The molecule has 2 saturated carbocycles. The van der Waals surface area contributed by atoms with E-state index in [4.69, 9.17) is 11.6 Å². The number of halogens is 2. The van der Waals surface area contributed by atoms with Gasteiger partial charge in [-0.15, -0.1) is 0 Å². The highest BCUT2D eigenvalue weighted by molar-refractivity contribution is 6.31. The monoisotopic (exact) mass is 267 g/mol. The molecule has 1 nitrogen and oxygen atoms in total. The van der Waals surface area contributed by atoms with Gasteiger partial charge in [-0.25, -0.2) is 4.39 Å². The lowest BCUT2D eigenvalue weighted by molar-refractivity contribution is 0.128. The third kappa shape index (κ3) is 2.55. The molecular formula is C15H19ClFN. The summed E-state index contributed by atoms with van der Waals surface area (Å²) in [5, 5.41) is 4.17. The fourth-order valence-electron chi connectivity index (χ4n) is 2.82. The lowest BCUT2D eigenvalue weighted by atomic mass is 9.65. The molecule has 2 aliphatic carbocycles. The fourth-order valence-corrected chi connectivity index (χ4v) is 3.05. The van der Waals surface area contributed by atoms with Gasteiger partial charge in [0.2, 0.25) is 0 Å². The van der Waals surface area contributed by atoms with Crippen molar-refractivity contribution in [3.63, 3.8) is 0 Å². The molecule has 1 N–H and O–H groups in total. The first kappa shape index (κ1) is 12.4. The van der Waals surface area contributed by atoms with E-state index in [1.54, 1.807) is 12.1 Å². The van der Waals surface area contributed by atoms with E-state index in [2.05, 4.69) is 5.32 Å². The molecule has 0 unspecified atom stereocenters. The highest BCUT2D eigenvalue weighted by Crippen LogP contribution is 2.45. The molecular weight excluding hydrogens is 249 g/mol. The summed E-state index contributed by atoms with van der Waals surface area (Å²) in [7, 11) is 0. The number of hydrogen-bond acceptors (Lipinski definition) is 1. The number of benzene rings is 1. The van der Waals surface area contributed by atoms with E-state index in [-0.39, 0.29) is 11.2 Å². The van der Waals surface area contributed by atoms with Crippen molar-refractivity contribution in [3.8, 4) is 0 Å². The normalized spacial score (nSPS) is 21.7. The van der Waals surface area contributed by atoms with Crippen LogP contribution in [0.15, 0.2) is 18.2 Å². The van der Waals surface area contributed by atoms with Crippen molar-refractivity contribution in [1.29, 1.82) is 0 Å². The van der Waals surface area contributed by atoms with Gasteiger partial charge in [0.05, 0.1) is 0 Å². The molecule has 18 heavy (non-hydrogen) atoms. The van der Waals surface area contributed by atoms with E-state index in [1.807, 2.05) is 0 Å². The minimum Gasteiger partial charge on any atom is -0.313 e. The highest BCUT2D eigenvalue weighted by Gasteiger charge is 2.39. The first-order chi connectivity index (χ1) is 8.69. The summed E-state index contributed by atoms with van der Waals surface area (Å²) in [4.78, 5) is 0. The fraction of sp³-hybridized carbons (Fsp3) is 0.600. The van der Waals surface area contributed by atoms with Crippen molar-refractivity contribution in [3.05, 3.63) is 34.6 Å². The van der Waals surface area contributed by atoms with E-state index in [9.17, 15) is 4.39 Å². The maximum atomic E-state index is 13.8. The van der Waals surface area contributed by atoms with Crippen molar-refractivity contribution in [2.75, 3.05) is 6.54 Å². The third-order valence-corrected chi connectivity index (χ3v) is 4.72. The summed E-state index contributed by atoms with van der Waals surface area (Å²) < 4.78 is 13.8. The number of rotatable bonds is 5. The van der Waals surface area contributed by atoms with E-state index >= 15 is 0 Å². The van der Waals surface area contributed by atoms with Gasteiger partial charge in [-0.3, -0.25) is 0 Å². The van der Waals surface area contributed by atoms with Gasteiger partial charge in [-0.1, -0.05) is 24.1 Å². The van der Waals surface area contributed by atoms with Gasteiger partial charge in [0, 0.05) is 23.2 Å². The van der Waals surface area contributed by atoms with Gasteiger partial charge in [0.25, 0.3) is 0 Å². The van der Waals surface area contributed by atoms with Crippen LogP contribution in [-0.4, -0.2) is 12.6 Å². The molecule has 2 fully saturated rings. The average molecular weight is 268 g/mol. The zero-order chi connectivity index (χ0) is 12.6. The van der Waals surface area contributed by atoms with Crippen LogP contribution in [0.2, 0.25) is 5.02 Å². The smallest absolute Gasteiger partial charge is 0.127 e. The van der Waals surface area contributed by atoms with Crippen molar-refractivity contribution >= 4 is 11.6 Å². The predicted octanol–water partition coefficient (Wildman–Crippen LogP) is 3.94. The van der Waals surface area contributed by atoms with E-state index < -0.39 is 0 Å². The molecule has 3 rings (SSSR count). The summed E-state index contributed by atoms with van der Waals surface area (Å²) in [5.74, 6) is -0.153. The largest absolute Gasteiger partial charge is 0.313 e. The summed E-state index contributed by atoms with van der Waals surface area (Å²) in [6.07, 6.45) is 7.03. The maximum Gasteiger partial charge on any atom is 0.127 e. The summed E-state index contributed by atoms with van der Waals surface area (Å²) in [5.41, 5.74) is 0.950. The zero-order valence-electron chi connectivity index (χ0n) is 10.5. The average Bonchev–Trinajstić information content (AvgIpc) is 3.09. The molecule has 2 aliphatic rings. The summed E-state index contributed by atoms with van der Waals surface area (Å²) in [6.45, 7) is 1.02. The van der Waals surface area contributed by atoms with E-state index in [0.29, 0.717) is 10.6 Å². The van der Waals surface area contributed by atoms with E-state index in [0.717, 1.165) is 19.0 Å². The molecule has 0 heterocycles. The second kappa shape index (κ2) is 4.82.